The van der Waals surface area contributed by atoms with Crippen molar-refractivity contribution in [3.63, 3.8) is 0 Å². The summed E-state index contributed by atoms with van der Waals surface area (Å²) in [5, 5.41) is 11.9. The lowest BCUT2D eigenvalue weighted by atomic mass is 9.98. The van der Waals surface area contributed by atoms with Gasteiger partial charge in [-0.2, -0.15) is 0 Å². The van der Waals surface area contributed by atoms with E-state index in [1.807, 2.05) is 24.3 Å². The summed E-state index contributed by atoms with van der Waals surface area (Å²) in [6.45, 7) is 1.21. The molecule has 1 saturated heterocycles. The summed E-state index contributed by atoms with van der Waals surface area (Å²) in [6.07, 6.45) is 1.06. The van der Waals surface area contributed by atoms with Crippen LogP contribution in [-0.4, -0.2) is 66.4 Å². The van der Waals surface area contributed by atoms with Crippen LogP contribution in [0, 0.1) is 5.92 Å². The number of carbonyl (C=O) groups excluding carboxylic acids is 2. The number of hydrogen-bond donors (Lipinski definition) is 2. The predicted octanol–water partition coefficient (Wildman–Crippen LogP) is 3.40. The van der Waals surface area contributed by atoms with E-state index in [1.54, 1.807) is 4.90 Å². The molecular formula is C27H30N2O6. The molecule has 2 atom stereocenters. The number of alkyl carbamates (subject to hydrolysis) is 1. The first-order valence-electron chi connectivity index (χ1n) is 12.2. The van der Waals surface area contributed by atoms with Gasteiger partial charge in [-0.1, -0.05) is 48.5 Å². The Morgan fingerprint density at radius 3 is 2.29 bits per heavy atom. The minimum Gasteiger partial charge on any atom is -0.481 e. The molecule has 1 saturated carbocycles. The Labute approximate surface area is 204 Å². The van der Waals surface area contributed by atoms with Crippen molar-refractivity contribution in [1.82, 2.24) is 10.2 Å². The SMILES string of the molecule is O=C(O)CCN(CC1CC1)C(=O)[C@@H]1OCC[C@@H]1NC(=O)OCC1c2ccccc2-c2ccccc21. The van der Waals surface area contributed by atoms with Crippen molar-refractivity contribution in [2.24, 2.45) is 5.92 Å². The van der Waals surface area contributed by atoms with Gasteiger partial charge >= 0.3 is 12.1 Å². The van der Waals surface area contributed by atoms with Gasteiger partial charge in [0.1, 0.15) is 6.61 Å². The van der Waals surface area contributed by atoms with Gasteiger partial charge in [0, 0.05) is 25.6 Å². The van der Waals surface area contributed by atoms with E-state index in [9.17, 15) is 14.4 Å². The maximum atomic E-state index is 13.2. The van der Waals surface area contributed by atoms with Crippen LogP contribution in [0.5, 0.6) is 0 Å². The Hall–Kier alpha value is -3.39. The standard InChI is InChI=1S/C27H30N2O6/c30-24(31)11-13-29(15-17-9-10-17)26(32)25-23(12-14-34-25)28-27(33)35-16-22-20-7-3-1-5-18(20)19-6-2-4-8-21(19)22/h1-8,17,22-23,25H,9-16H2,(H,28,33)(H,30,31)/t23-,25+/m0/s1. The van der Waals surface area contributed by atoms with Crippen LogP contribution in [-0.2, 0) is 19.1 Å². The molecular weight excluding hydrogens is 448 g/mol. The Morgan fingerprint density at radius 2 is 1.66 bits per heavy atom. The molecule has 2 N–H and O–H groups in total. The molecule has 3 aliphatic rings. The number of rotatable bonds is 9. The number of aliphatic carboxylic acids is 1. The first-order chi connectivity index (χ1) is 17.0. The molecule has 2 fully saturated rings. The van der Waals surface area contributed by atoms with Crippen molar-refractivity contribution >= 4 is 18.0 Å². The molecule has 2 amide bonds. The van der Waals surface area contributed by atoms with E-state index in [1.165, 1.54) is 0 Å². The second kappa shape index (κ2) is 10.1. The number of amides is 2. The molecule has 2 aromatic rings. The minimum absolute atomic E-state index is 0.0459. The van der Waals surface area contributed by atoms with Gasteiger partial charge in [-0.05, 0) is 47.4 Å². The number of carbonyl (C=O) groups is 3. The molecule has 1 heterocycles. The molecule has 184 valence electrons. The zero-order valence-corrected chi connectivity index (χ0v) is 19.5. The van der Waals surface area contributed by atoms with Crippen LogP contribution in [0.3, 0.4) is 0 Å². The molecule has 0 aromatic heterocycles. The van der Waals surface area contributed by atoms with Crippen LogP contribution in [0.2, 0.25) is 0 Å². The summed E-state index contributed by atoms with van der Waals surface area (Å²) >= 11 is 0. The molecule has 2 aromatic carbocycles. The van der Waals surface area contributed by atoms with Gasteiger partial charge in [-0.25, -0.2) is 4.79 Å². The molecule has 0 spiro atoms. The van der Waals surface area contributed by atoms with E-state index in [-0.39, 0.29) is 31.4 Å². The monoisotopic (exact) mass is 478 g/mol. The van der Waals surface area contributed by atoms with Gasteiger partial charge in [-0.3, -0.25) is 9.59 Å². The number of carboxylic acids is 1. The maximum Gasteiger partial charge on any atom is 0.407 e. The van der Waals surface area contributed by atoms with Crippen molar-refractivity contribution in [1.29, 1.82) is 0 Å². The number of nitrogens with zero attached hydrogens (tertiary/aromatic N) is 1. The van der Waals surface area contributed by atoms with E-state index < -0.39 is 24.2 Å². The van der Waals surface area contributed by atoms with Crippen LogP contribution in [0.25, 0.3) is 11.1 Å². The molecule has 35 heavy (non-hydrogen) atoms. The smallest absolute Gasteiger partial charge is 0.407 e. The fourth-order valence-corrected chi connectivity index (χ4v) is 5.09. The summed E-state index contributed by atoms with van der Waals surface area (Å²) in [5.41, 5.74) is 4.58. The lowest BCUT2D eigenvalue weighted by molar-refractivity contribution is -0.143. The van der Waals surface area contributed by atoms with E-state index >= 15 is 0 Å². The number of ether oxygens (including phenoxy) is 2. The van der Waals surface area contributed by atoms with Crippen molar-refractivity contribution in [3.8, 4) is 11.1 Å². The number of nitrogens with one attached hydrogen (secondary N) is 1. The quantitative estimate of drug-likeness (QED) is 0.572. The third-order valence-corrected chi connectivity index (χ3v) is 7.06. The molecule has 8 heteroatoms. The maximum absolute atomic E-state index is 13.2. The predicted molar refractivity (Wildman–Crippen MR) is 128 cm³/mol. The van der Waals surface area contributed by atoms with Crippen molar-refractivity contribution in [3.05, 3.63) is 59.7 Å². The van der Waals surface area contributed by atoms with Gasteiger partial charge in [0.05, 0.1) is 12.5 Å². The van der Waals surface area contributed by atoms with E-state index in [2.05, 4.69) is 29.6 Å². The average molecular weight is 479 g/mol. The molecule has 8 nitrogen and oxygen atoms in total. The van der Waals surface area contributed by atoms with E-state index in [4.69, 9.17) is 14.6 Å². The van der Waals surface area contributed by atoms with Gasteiger partial charge in [-0.15, -0.1) is 0 Å². The molecule has 0 bridgehead atoms. The first kappa shape index (κ1) is 23.4. The van der Waals surface area contributed by atoms with Crippen molar-refractivity contribution in [2.75, 3.05) is 26.3 Å². The second-order valence-corrected chi connectivity index (χ2v) is 9.53. The highest BCUT2D eigenvalue weighted by Crippen LogP contribution is 2.44. The zero-order chi connectivity index (χ0) is 24.4. The average Bonchev–Trinajstić information content (AvgIpc) is 3.47. The Balaban J connectivity index is 1.20. The van der Waals surface area contributed by atoms with Crippen LogP contribution in [0.1, 0.15) is 42.7 Å². The largest absolute Gasteiger partial charge is 0.481 e. The van der Waals surface area contributed by atoms with Crippen LogP contribution < -0.4 is 5.32 Å². The normalized spacial score (nSPS) is 20.7. The lowest BCUT2D eigenvalue weighted by Gasteiger charge is -2.27. The van der Waals surface area contributed by atoms with Gasteiger partial charge in [0.2, 0.25) is 0 Å². The third kappa shape index (κ3) is 5.17. The fourth-order valence-electron chi connectivity index (χ4n) is 5.09. The van der Waals surface area contributed by atoms with Crippen molar-refractivity contribution in [2.45, 2.75) is 43.7 Å². The van der Waals surface area contributed by atoms with Crippen LogP contribution >= 0.6 is 0 Å². The number of hydrogen-bond acceptors (Lipinski definition) is 5. The minimum atomic E-state index is -0.945. The molecule has 0 radical (unpaired) electrons. The summed E-state index contributed by atoms with van der Waals surface area (Å²) in [4.78, 5) is 38.5. The van der Waals surface area contributed by atoms with Crippen molar-refractivity contribution < 1.29 is 29.0 Å². The number of fused-ring (bicyclic) bond motifs is 3. The molecule has 1 aliphatic heterocycles. The summed E-state index contributed by atoms with van der Waals surface area (Å²) in [6, 6.07) is 15.8. The Kier molecular flexibility index (Phi) is 6.72. The first-order valence-corrected chi connectivity index (χ1v) is 12.2. The Bertz CT molecular complexity index is 1070. The lowest BCUT2D eigenvalue weighted by Crippen LogP contribution is -2.50. The van der Waals surface area contributed by atoms with Crippen LogP contribution in [0.15, 0.2) is 48.5 Å². The highest BCUT2D eigenvalue weighted by atomic mass is 16.6. The van der Waals surface area contributed by atoms with Crippen LogP contribution in [0.4, 0.5) is 4.79 Å². The topological polar surface area (TPSA) is 105 Å². The van der Waals surface area contributed by atoms with Gasteiger partial charge < -0.3 is 24.8 Å². The highest BCUT2D eigenvalue weighted by molar-refractivity contribution is 5.83. The molecule has 2 aliphatic carbocycles. The second-order valence-electron chi connectivity index (χ2n) is 9.53. The van der Waals surface area contributed by atoms with E-state index in [0.717, 1.165) is 35.1 Å². The molecule has 5 rings (SSSR count). The summed E-state index contributed by atoms with van der Waals surface area (Å²) < 4.78 is 11.3. The number of benzene rings is 2. The number of carboxylic acid groups (broad SMARTS) is 1. The zero-order valence-electron chi connectivity index (χ0n) is 19.5. The molecule has 0 unspecified atom stereocenters. The third-order valence-electron chi connectivity index (χ3n) is 7.06. The highest BCUT2D eigenvalue weighted by Gasteiger charge is 2.40. The summed E-state index contributed by atoms with van der Waals surface area (Å²) in [7, 11) is 0. The summed E-state index contributed by atoms with van der Waals surface area (Å²) in [5.74, 6) is -0.836. The van der Waals surface area contributed by atoms with E-state index in [0.29, 0.717) is 25.5 Å². The Morgan fingerprint density at radius 1 is 1.00 bits per heavy atom. The van der Waals surface area contributed by atoms with Gasteiger partial charge in [0.15, 0.2) is 6.10 Å². The fraction of sp³-hybridized carbons (Fsp3) is 0.444. The van der Waals surface area contributed by atoms with Gasteiger partial charge in [0.25, 0.3) is 5.91 Å².